The summed E-state index contributed by atoms with van der Waals surface area (Å²) >= 11 is 0. The van der Waals surface area contributed by atoms with E-state index in [0.717, 1.165) is 12.8 Å². The molecule has 5 heteroatoms. The Hall–Kier alpha value is -0.650. The Balaban J connectivity index is 2.38. The molecule has 94 valence electrons. The smallest absolute Gasteiger partial charge is 0.241 e. The van der Waals surface area contributed by atoms with Crippen LogP contribution in [0.1, 0.15) is 19.8 Å². The molecule has 1 heterocycles. The fraction of sp³-hybridized carbons (Fsp3) is 0.909. The van der Waals surface area contributed by atoms with Crippen LogP contribution in [0.25, 0.3) is 0 Å². The Morgan fingerprint density at radius 1 is 1.56 bits per heavy atom. The van der Waals surface area contributed by atoms with Crippen LogP contribution in [0.15, 0.2) is 0 Å². The van der Waals surface area contributed by atoms with E-state index in [1.165, 1.54) is 7.11 Å². The van der Waals surface area contributed by atoms with Gasteiger partial charge in [0.05, 0.1) is 12.7 Å². The molecule has 0 aromatic heterocycles. The molecule has 0 bridgehead atoms. The van der Waals surface area contributed by atoms with Gasteiger partial charge in [-0.05, 0) is 25.7 Å². The summed E-state index contributed by atoms with van der Waals surface area (Å²) in [7, 11) is 1.53. The highest BCUT2D eigenvalue weighted by molar-refractivity contribution is 5.81. The van der Waals surface area contributed by atoms with Crippen LogP contribution in [-0.2, 0) is 9.53 Å². The number of piperidine rings is 1. The Bertz CT molecular complexity index is 225. The van der Waals surface area contributed by atoms with Crippen molar-refractivity contribution in [1.82, 2.24) is 4.90 Å². The van der Waals surface area contributed by atoms with Crippen molar-refractivity contribution in [3.8, 4) is 0 Å². The number of hydrogen-bond donors (Lipinski definition) is 2. The largest absolute Gasteiger partial charge is 0.393 e. The van der Waals surface area contributed by atoms with E-state index in [2.05, 4.69) is 0 Å². The second kappa shape index (κ2) is 6.18. The molecule has 0 aromatic rings. The number of methoxy groups -OCH3 is 1. The standard InChI is InChI=1S/C11H22N2O3/c1-8(14)9-3-5-13(6-4-9)11(15)10(12)7-16-2/h8-10,14H,3-7,12H2,1-2H3. The number of carbonyl (C=O) groups is 1. The van der Waals surface area contributed by atoms with Gasteiger partial charge in [0.15, 0.2) is 0 Å². The van der Waals surface area contributed by atoms with Crippen LogP contribution in [0.4, 0.5) is 0 Å². The molecule has 1 aliphatic rings. The normalized spacial score (nSPS) is 21.9. The third-order valence-corrected chi connectivity index (χ3v) is 3.20. The number of carbonyl (C=O) groups excluding carboxylic acids is 1. The number of aliphatic hydroxyl groups excluding tert-OH is 1. The molecular formula is C11H22N2O3. The first-order valence-electron chi connectivity index (χ1n) is 5.77. The number of nitrogens with zero attached hydrogens (tertiary/aromatic N) is 1. The maximum absolute atomic E-state index is 11.8. The summed E-state index contributed by atoms with van der Waals surface area (Å²) in [6.45, 7) is 3.44. The van der Waals surface area contributed by atoms with E-state index in [0.29, 0.717) is 19.0 Å². The third kappa shape index (κ3) is 3.43. The van der Waals surface area contributed by atoms with Crippen molar-refractivity contribution in [2.24, 2.45) is 11.7 Å². The van der Waals surface area contributed by atoms with Crippen LogP contribution >= 0.6 is 0 Å². The molecule has 0 aliphatic carbocycles. The average molecular weight is 230 g/mol. The maximum atomic E-state index is 11.8. The molecule has 1 rings (SSSR count). The van der Waals surface area contributed by atoms with Crippen LogP contribution in [0.2, 0.25) is 0 Å². The lowest BCUT2D eigenvalue weighted by atomic mass is 9.92. The second-order valence-electron chi connectivity index (χ2n) is 4.47. The highest BCUT2D eigenvalue weighted by Gasteiger charge is 2.27. The SMILES string of the molecule is COCC(N)C(=O)N1CCC(C(C)O)CC1. The van der Waals surface area contributed by atoms with Crippen molar-refractivity contribution in [2.75, 3.05) is 26.8 Å². The van der Waals surface area contributed by atoms with Gasteiger partial charge in [-0.15, -0.1) is 0 Å². The first kappa shape index (κ1) is 13.4. The van der Waals surface area contributed by atoms with E-state index < -0.39 is 6.04 Å². The molecule has 0 saturated carbocycles. The fourth-order valence-electron chi connectivity index (χ4n) is 2.09. The molecule has 1 aliphatic heterocycles. The van der Waals surface area contributed by atoms with Crippen molar-refractivity contribution in [2.45, 2.75) is 31.9 Å². The lowest BCUT2D eigenvalue weighted by molar-refractivity contribution is -0.135. The van der Waals surface area contributed by atoms with Crippen LogP contribution in [-0.4, -0.2) is 54.9 Å². The summed E-state index contributed by atoms with van der Waals surface area (Å²) < 4.78 is 4.86. The van der Waals surface area contributed by atoms with Gasteiger partial charge in [-0.3, -0.25) is 4.79 Å². The maximum Gasteiger partial charge on any atom is 0.241 e. The fourth-order valence-corrected chi connectivity index (χ4v) is 2.09. The lowest BCUT2D eigenvalue weighted by Crippen LogP contribution is -2.49. The number of ether oxygens (including phenoxy) is 1. The first-order valence-corrected chi connectivity index (χ1v) is 5.77. The second-order valence-corrected chi connectivity index (χ2v) is 4.47. The summed E-state index contributed by atoms with van der Waals surface area (Å²) in [6, 6.07) is -0.562. The number of likely N-dealkylation sites (tertiary alicyclic amines) is 1. The van der Waals surface area contributed by atoms with E-state index in [9.17, 15) is 9.90 Å². The van der Waals surface area contributed by atoms with Crippen molar-refractivity contribution in [3.05, 3.63) is 0 Å². The summed E-state index contributed by atoms with van der Waals surface area (Å²) in [6.07, 6.45) is 1.41. The van der Waals surface area contributed by atoms with E-state index in [1.807, 2.05) is 0 Å². The summed E-state index contributed by atoms with van der Waals surface area (Å²) in [4.78, 5) is 13.6. The van der Waals surface area contributed by atoms with E-state index in [1.54, 1.807) is 11.8 Å². The van der Waals surface area contributed by atoms with Crippen molar-refractivity contribution < 1.29 is 14.6 Å². The number of nitrogens with two attached hydrogens (primary N) is 1. The average Bonchev–Trinajstić information content (AvgIpc) is 2.28. The molecule has 2 unspecified atom stereocenters. The third-order valence-electron chi connectivity index (χ3n) is 3.20. The number of aliphatic hydroxyl groups is 1. The Labute approximate surface area is 96.6 Å². The molecule has 1 fully saturated rings. The molecule has 16 heavy (non-hydrogen) atoms. The van der Waals surface area contributed by atoms with Crippen LogP contribution < -0.4 is 5.73 Å². The Morgan fingerprint density at radius 2 is 2.12 bits per heavy atom. The zero-order chi connectivity index (χ0) is 12.1. The van der Waals surface area contributed by atoms with E-state index in [4.69, 9.17) is 10.5 Å². The summed E-state index contributed by atoms with van der Waals surface area (Å²) in [5.74, 6) is 0.258. The predicted molar refractivity (Wildman–Crippen MR) is 60.8 cm³/mol. The van der Waals surface area contributed by atoms with Gasteiger partial charge >= 0.3 is 0 Å². The Morgan fingerprint density at radius 3 is 2.56 bits per heavy atom. The zero-order valence-electron chi connectivity index (χ0n) is 10.1. The molecule has 3 N–H and O–H groups in total. The highest BCUT2D eigenvalue weighted by atomic mass is 16.5. The van der Waals surface area contributed by atoms with Gasteiger partial charge in [0, 0.05) is 20.2 Å². The van der Waals surface area contributed by atoms with Crippen molar-refractivity contribution >= 4 is 5.91 Å². The molecule has 1 amide bonds. The Kier molecular flexibility index (Phi) is 5.18. The van der Waals surface area contributed by atoms with Gasteiger partial charge in [-0.25, -0.2) is 0 Å². The minimum Gasteiger partial charge on any atom is -0.393 e. The minimum atomic E-state index is -0.562. The molecule has 0 aromatic carbocycles. The number of rotatable bonds is 4. The lowest BCUT2D eigenvalue weighted by Gasteiger charge is -2.34. The molecule has 0 radical (unpaired) electrons. The zero-order valence-corrected chi connectivity index (χ0v) is 10.1. The molecule has 2 atom stereocenters. The monoisotopic (exact) mass is 230 g/mol. The van der Waals surface area contributed by atoms with Crippen LogP contribution in [0, 0.1) is 5.92 Å². The van der Waals surface area contributed by atoms with Gasteiger partial charge in [0.2, 0.25) is 5.91 Å². The quantitative estimate of drug-likeness (QED) is 0.688. The first-order chi connectivity index (χ1) is 7.56. The molecule has 1 saturated heterocycles. The topological polar surface area (TPSA) is 75.8 Å². The molecule has 0 spiro atoms. The van der Waals surface area contributed by atoms with Crippen LogP contribution in [0.5, 0.6) is 0 Å². The predicted octanol–water partition coefficient (Wildman–Crippen LogP) is -0.420. The molecule has 5 nitrogen and oxygen atoms in total. The van der Waals surface area contributed by atoms with Crippen molar-refractivity contribution in [3.63, 3.8) is 0 Å². The number of amides is 1. The van der Waals surface area contributed by atoms with Gasteiger partial charge in [0.25, 0.3) is 0 Å². The van der Waals surface area contributed by atoms with E-state index >= 15 is 0 Å². The summed E-state index contributed by atoms with van der Waals surface area (Å²) in [5.41, 5.74) is 5.69. The molecular weight excluding hydrogens is 208 g/mol. The van der Waals surface area contributed by atoms with E-state index in [-0.39, 0.29) is 18.6 Å². The van der Waals surface area contributed by atoms with Gasteiger partial charge < -0.3 is 20.5 Å². The van der Waals surface area contributed by atoms with Crippen LogP contribution in [0.3, 0.4) is 0 Å². The van der Waals surface area contributed by atoms with Gasteiger partial charge in [-0.2, -0.15) is 0 Å². The minimum absolute atomic E-state index is 0.0501. The van der Waals surface area contributed by atoms with Gasteiger partial charge in [0.1, 0.15) is 6.04 Å². The van der Waals surface area contributed by atoms with Gasteiger partial charge in [-0.1, -0.05) is 0 Å². The highest BCUT2D eigenvalue weighted by Crippen LogP contribution is 2.20. The van der Waals surface area contributed by atoms with Crippen molar-refractivity contribution in [1.29, 1.82) is 0 Å². The summed E-state index contributed by atoms with van der Waals surface area (Å²) in [5, 5.41) is 9.45. The number of hydrogen-bond acceptors (Lipinski definition) is 4.